The molecule has 4 heteroatoms. The van der Waals surface area contributed by atoms with Crippen LogP contribution in [0.25, 0.3) is 0 Å². The maximum atomic E-state index is 5.32. The first-order valence-corrected chi connectivity index (χ1v) is 3.94. The molecule has 0 fully saturated rings. The molecule has 0 aromatic carbocycles. The van der Waals surface area contributed by atoms with Crippen LogP contribution in [0.5, 0.6) is 0 Å². The second kappa shape index (κ2) is 3.49. The van der Waals surface area contributed by atoms with Crippen LogP contribution < -0.4 is 16.6 Å². The molecule has 1 rings (SSSR count). The van der Waals surface area contributed by atoms with Gasteiger partial charge in [-0.25, -0.2) is 0 Å². The lowest BCUT2D eigenvalue weighted by Gasteiger charge is -2.24. The summed E-state index contributed by atoms with van der Waals surface area (Å²) in [7, 11) is 4.01. The van der Waals surface area contributed by atoms with E-state index in [2.05, 4.69) is 16.8 Å². The van der Waals surface area contributed by atoms with Gasteiger partial charge in [0.1, 0.15) is 5.82 Å². The summed E-state index contributed by atoms with van der Waals surface area (Å²) in [5.41, 5.74) is 4.89. The van der Waals surface area contributed by atoms with E-state index in [1.807, 2.05) is 25.9 Å². The molecular formula is C8H16N4. The molecule has 0 aliphatic carbocycles. The molecule has 12 heavy (non-hydrogen) atoms. The minimum Gasteiger partial charge on any atom is -0.366 e. The fourth-order valence-corrected chi connectivity index (χ4v) is 1.11. The molecule has 1 heterocycles. The van der Waals surface area contributed by atoms with Gasteiger partial charge in [-0.1, -0.05) is 0 Å². The Balaban J connectivity index is 2.81. The quantitative estimate of drug-likeness (QED) is 0.392. The van der Waals surface area contributed by atoms with Crippen LogP contribution in [0.1, 0.15) is 6.92 Å². The predicted molar refractivity (Wildman–Crippen MR) is 49.8 cm³/mol. The average molecular weight is 168 g/mol. The number of rotatable bonds is 2. The van der Waals surface area contributed by atoms with Gasteiger partial charge in [0.25, 0.3) is 0 Å². The SMILES string of the molecule is CC1=C(NN)CNC(N(C)C)=C1. The van der Waals surface area contributed by atoms with Gasteiger partial charge in [-0.05, 0) is 18.6 Å². The van der Waals surface area contributed by atoms with Crippen LogP contribution in [0.2, 0.25) is 0 Å². The van der Waals surface area contributed by atoms with E-state index in [4.69, 9.17) is 5.84 Å². The number of dihydropyridines is 1. The first-order chi connectivity index (χ1) is 5.65. The molecule has 0 saturated carbocycles. The van der Waals surface area contributed by atoms with Crippen molar-refractivity contribution in [2.24, 2.45) is 5.84 Å². The van der Waals surface area contributed by atoms with Crippen molar-refractivity contribution in [2.75, 3.05) is 20.6 Å². The zero-order chi connectivity index (χ0) is 9.14. The first kappa shape index (κ1) is 8.93. The second-order valence-corrected chi connectivity index (χ2v) is 3.08. The molecule has 4 nitrogen and oxygen atoms in total. The highest BCUT2D eigenvalue weighted by Gasteiger charge is 2.09. The molecule has 0 radical (unpaired) electrons. The third kappa shape index (κ3) is 1.71. The smallest absolute Gasteiger partial charge is 0.101 e. The van der Waals surface area contributed by atoms with Gasteiger partial charge in [0.15, 0.2) is 0 Å². The van der Waals surface area contributed by atoms with Gasteiger partial charge in [0, 0.05) is 19.8 Å². The Labute approximate surface area is 73.1 Å². The molecule has 0 spiro atoms. The summed E-state index contributed by atoms with van der Waals surface area (Å²) < 4.78 is 0. The van der Waals surface area contributed by atoms with Gasteiger partial charge in [0.05, 0.1) is 6.54 Å². The highest BCUT2D eigenvalue weighted by molar-refractivity contribution is 5.30. The fourth-order valence-electron chi connectivity index (χ4n) is 1.11. The maximum Gasteiger partial charge on any atom is 0.101 e. The van der Waals surface area contributed by atoms with Crippen molar-refractivity contribution in [3.63, 3.8) is 0 Å². The predicted octanol–water partition coefficient (Wildman–Crippen LogP) is -0.270. The Hall–Kier alpha value is -1.16. The molecule has 68 valence electrons. The summed E-state index contributed by atoms with van der Waals surface area (Å²) in [6.07, 6.45) is 2.07. The van der Waals surface area contributed by atoms with Crippen molar-refractivity contribution in [3.8, 4) is 0 Å². The fraction of sp³-hybridized carbons (Fsp3) is 0.500. The zero-order valence-corrected chi connectivity index (χ0v) is 7.81. The molecule has 0 atom stereocenters. The van der Waals surface area contributed by atoms with Crippen molar-refractivity contribution in [2.45, 2.75) is 6.92 Å². The molecule has 4 N–H and O–H groups in total. The van der Waals surface area contributed by atoms with Gasteiger partial charge in [-0.3, -0.25) is 5.84 Å². The number of allylic oxidation sites excluding steroid dienone is 2. The summed E-state index contributed by atoms with van der Waals surface area (Å²) in [5, 5.41) is 3.24. The lowest BCUT2D eigenvalue weighted by atomic mass is 10.1. The largest absolute Gasteiger partial charge is 0.366 e. The van der Waals surface area contributed by atoms with Crippen LogP contribution in [0.15, 0.2) is 23.2 Å². The number of hydrogen-bond acceptors (Lipinski definition) is 4. The van der Waals surface area contributed by atoms with Crippen LogP contribution in [0, 0.1) is 0 Å². The lowest BCUT2D eigenvalue weighted by Crippen LogP contribution is -2.36. The van der Waals surface area contributed by atoms with Crippen LogP contribution in [-0.2, 0) is 0 Å². The monoisotopic (exact) mass is 168 g/mol. The van der Waals surface area contributed by atoms with E-state index in [0.29, 0.717) is 0 Å². The normalized spacial score (nSPS) is 16.8. The van der Waals surface area contributed by atoms with Gasteiger partial charge in [0.2, 0.25) is 0 Å². The third-order valence-electron chi connectivity index (χ3n) is 1.93. The van der Waals surface area contributed by atoms with E-state index < -0.39 is 0 Å². The van der Waals surface area contributed by atoms with Crippen LogP contribution in [-0.4, -0.2) is 25.5 Å². The number of nitrogens with two attached hydrogens (primary N) is 1. The summed E-state index contributed by atoms with van der Waals surface area (Å²) in [5.74, 6) is 6.44. The number of hydrogen-bond donors (Lipinski definition) is 3. The summed E-state index contributed by atoms with van der Waals surface area (Å²) in [6.45, 7) is 2.81. The summed E-state index contributed by atoms with van der Waals surface area (Å²) in [4.78, 5) is 2.04. The average Bonchev–Trinajstić information content (AvgIpc) is 2.04. The Morgan fingerprint density at radius 2 is 2.25 bits per heavy atom. The standard InChI is InChI=1S/C8H16N4/c1-6-4-8(12(2)3)10-5-7(6)11-9/h4,10-11H,5,9H2,1-3H3. The van der Waals surface area contributed by atoms with E-state index in [0.717, 1.165) is 18.1 Å². The minimum absolute atomic E-state index is 0.770. The lowest BCUT2D eigenvalue weighted by molar-refractivity contribution is 0.459. The van der Waals surface area contributed by atoms with Crippen LogP contribution >= 0.6 is 0 Å². The Morgan fingerprint density at radius 1 is 1.58 bits per heavy atom. The van der Waals surface area contributed by atoms with Crippen molar-refractivity contribution in [1.29, 1.82) is 0 Å². The van der Waals surface area contributed by atoms with E-state index >= 15 is 0 Å². The summed E-state index contributed by atoms with van der Waals surface area (Å²) >= 11 is 0. The molecule has 0 amide bonds. The van der Waals surface area contributed by atoms with Crippen molar-refractivity contribution in [3.05, 3.63) is 23.2 Å². The topological polar surface area (TPSA) is 53.3 Å². The molecule has 0 bridgehead atoms. The van der Waals surface area contributed by atoms with E-state index in [-0.39, 0.29) is 0 Å². The van der Waals surface area contributed by atoms with Gasteiger partial charge < -0.3 is 15.6 Å². The van der Waals surface area contributed by atoms with Gasteiger partial charge >= 0.3 is 0 Å². The molecule has 0 saturated heterocycles. The minimum atomic E-state index is 0.770. The zero-order valence-electron chi connectivity index (χ0n) is 7.81. The van der Waals surface area contributed by atoms with Gasteiger partial charge in [-0.2, -0.15) is 0 Å². The molecule has 0 unspecified atom stereocenters. The first-order valence-electron chi connectivity index (χ1n) is 3.94. The molecular weight excluding hydrogens is 152 g/mol. The van der Waals surface area contributed by atoms with E-state index in [1.54, 1.807) is 0 Å². The number of nitrogens with one attached hydrogen (secondary N) is 2. The van der Waals surface area contributed by atoms with Gasteiger partial charge in [-0.15, -0.1) is 0 Å². The highest BCUT2D eigenvalue weighted by atomic mass is 15.3. The molecule has 0 aromatic heterocycles. The molecule has 1 aliphatic rings. The number of hydrazine groups is 1. The summed E-state index contributed by atoms with van der Waals surface area (Å²) in [6, 6.07) is 0. The van der Waals surface area contributed by atoms with Crippen molar-refractivity contribution >= 4 is 0 Å². The van der Waals surface area contributed by atoms with E-state index in [1.165, 1.54) is 5.57 Å². The molecule has 0 aromatic rings. The van der Waals surface area contributed by atoms with Crippen molar-refractivity contribution < 1.29 is 0 Å². The van der Waals surface area contributed by atoms with Crippen LogP contribution in [0.4, 0.5) is 0 Å². The van der Waals surface area contributed by atoms with Crippen molar-refractivity contribution in [1.82, 2.24) is 15.6 Å². The number of nitrogens with zero attached hydrogens (tertiary/aromatic N) is 1. The van der Waals surface area contributed by atoms with E-state index in [9.17, 15) is 0 Å². The molecule has 1 aliphatic heterocycles. The Morgan fingerprint density at radius 3 is 2.67 bits per heavy atom. The maximum absolute atomic E-state index is 5.32. The Kier molecular flexibility index (Phi) is 2.60. The van der Waals surface area contributed by atoms with Crippen LogP contribution in [0.3, 0.4) is 0 Å². The Bertz CT molecular complexity index is 227. The second-order valence-electron chi connectivity index (χ2n) is 3.08. The third-order valence-corrected chi connectivity index (χ3v) is 1.93. The highest BCUT2D eigenvalue weighted by Crippen LogP contribution is 2.10.